The van der Waals surface area contributed by atoms with Gasteiger partial charge in [0.25, 0.3) is 5.91 Å². The highest BCUT2D eigenvalue weighted by molar-refractivity contribution is 7.80. The molecule has 0 aliphatic carbocycles. The van der Waals surface area contributed by atoms with Gasteiger partial charge >= 0.3 is 0 Å². The summed E-state index contributed by atoms with van der Waals surface area (Å²) < 4.78 is 29.4. The normalized spacial score (nSPS) is 15.5. The third kappa shape index (κ3) is 3.66. The van der Waals surface area contributed by atoms with Crippen molar-refractivity contribution in [1.82, 2.24) is 0 Å². The number of rotatable bonds is 4. The van der Waals surface area contributed by atoms with Gasteiger partial charge < -0.3 is 19.0 Å². The van der Waals surface area contributed by atoms with Gasteiger partial charge in [0.1, 0.15) is 11.5 Å². The van der Waals surface area contributed by atoms with E-state index in [4.69, 9.17) is 16.0 Å². The highest BCUT2D eigenvalue weighted by Crippen LogP contribution is 2.35. The maximum Gasteiger partial charge on any atom is 0.256 e. The monoisotopic (exact) mass is 399 g/mol. The fraction of sp³-hybridized carbons (Fsp3) is 0. The molecule has 136 valence electrons. The number of amides is 1. The highest BCUT2D eigenvalue weighted by atomic mass is 35.5. The number of hydrogen-bond donors (Lipinski definition) is 2. The number of fused-ring (bicyclic) bond motifs is 1. The summed E-state index contributed by atoms with van der Waals surface area (Å²) in [6.07, 6.45) is 1.66. The van der Waals surface area contributed by atoms with Crippen molar-refractivity contribution < 1.29 is 18.0 Å². The van der Waals surface area contributed by atoms with Crippen LogP contribution >= 0.6 is 11.6 Å². The highest BCUT2D eigenvalue weighted by Gasteiger charge is 2.24. The fourth-order valence-electron chi connectivity index (χ4n) is 2.83. The summed E-state index contributed by atoms with van der Waals surface area (Å²) >= 11 is 3.67. The first-order chi connectivity index (χ1) is 13.0. The molecule has 1 aliphatic heterocycles. The lowest BCUT2D eigenvalue weighted by Gasteiger charge is -2.08. The van der Waals surface area contributed by atoms with Gasteiger partial charge in [0, 0.05) is 38.8 Å². The summed E-state index contributed by atoms with van der Waals surface area (Å²) in [4.78, 5) is 12.2. The fourth-order valence-corrected chi connectivity index (χ4v) is 3.33. The Kier molecular flexibility index (Phi) is 4.57. The van der Waals surface area contributed by atoms with E-state index in [2.05, 4.69) is 10.0 Å². The van der Waals surface area contributed by atoms with Crippen LogP contribution in [0.25, 0.3) is 23.0 Å². The van der Waals surface area contributed by atoms with E-state index in [-0.39, 0.29) is 5.91 Å². The van der Waals surface area contributed by atoms with Gasteiger partial charge in [-0.2, -0.15) is 0 Å². The maximum absolute atomic E-state index is 12.2. The third-order valence-electron chi connectivity index (χ3n) is 4.05. The van der Waals surface area contributed by atoms with Crippen molar-refractivity contribution in [3.8, 4) is 11.3 Å². The standard InChI is InChI=1S/C19H13ClN2O4S/c20-12-3-7-17-15(9-12)16(19(23)21-17)10-14-6-8-18(26-14)11-1-4-13(5-2-11)22-27(24)25/h1-10,22H,(H,21,23)(H,24,25)/p-1. The Morgan fingerprint density at radius 2 is 1.89 bits per heavy atom. The van der Waals surface area contributed by atoms with E-state index in [0.29, 0.717) is 33.5 Å². The molecule has 0 bridgehead atoms. The zero-order chi connectivity index (χ0) is 19.0. The lowest BCUT2D eigenvalue weighted by atomic mass is 10.1. The number of halogens is 1. The molecule has 3 aromatic rings. The van der Waals surface area contributed by atoms with Crippen LogP contribution in [-0.4, -0.2) is 14.7 Å². The van der Waals surface area contributed by atoms with Gasteiger partial charge in [0.05, 0.1) is 5.57 Å². The van der Waals surface area contributed by atoms with E-state index in [1.165, 1.54) is 0 Å². The Morgan fingerprint density at radius 1 is 1.11 bits per heavy atom. The third-order valence-corrected chi connectivity index (χ3v) is 4.69. The van der Waals surface area contributed by atoms with E-state index in [1.54, 1.807) is 60.7 Å². The molecule has 27 heavy (non-hydrogen) atoms. The van der Waals surface area contributed by atoms with E-state index in [9.17, 15) is 13.6 Å². The lowest BCUT2D eigenvalue weighted by molar-refractivity contribution is -0.110. The van der Waals surface area contributed by atoms with Crippen LogP contribution in [0.4, 0.5) is 11.4 Å². The van der Waals surface area contributed by atoms with Crippen molar-refractivity contribution in [3.05, 3.63) is 70.9 Å². The number of carbonyl (C=O) groups is 1. The number of carbonyl (C=O) groups excluding carboxylic acids is 1. The van der Waals surface area contributed by atoms with E-state index >= 15 is 0 Å². The Morgan fingerprint density at radius 3 is 2.63 bits per heavy atom. The van der Waals surface area contributed by atoms with Gasteiger partial charge in [-0.3, -0.25) is 9.00 Å². The summed E-state index contributed by atoms with van der Waals surface area (Å²) in [5.41, 5.74) is 3.15. The molecular formula is C19H12ClN2O4S-. The van der Waals surface area contributed by atoms with Crippen LogP contribution in [0, 0.1) is 0 Å². The first kappa shape index (κ1) is 17.5. The lowest BCUT2D eigenvalue weighted by Crippen LogP contribution is -2.03. The first-order valence-corrected chi connectivity index (χ1v) is 9.34. The zero-order valence-corrected chi connectivity index (χ0v) is 15.3. The first-order valence-electron chi connectivity index (χ1n) is 7.89. The minimum Gasteiger partial charge on any atom is -0.755 e. The molecule has 0 spiro atoms. The van der Waals surface area contributed by atoms with Crippen LogP contribution in [-0.2, 0) is 16.1 Å². The second-order valence-electron chi connectivity index (χ2n) is 5.82. The van der Waals surface area contributed by atoms with Gasteiger partial charge in [-0.1, -0.05) is 11.6 Å². The molecule has 2 aromatic carbocycles. The SMILES string of the molecule is O=C1Nc2ccc(Cl)cc2C1=Cc1ccc(-c2ccc(NS(=O)[O-])cc2)o1. The average Bonchev–Trinajstić information content (AvgIpc) is 3.21. The summed E-state index contributed by atoms with van der Waals surface area (Å²) in [6, 6.07) is 15.5. The predicted molar refractivity (Wildman–Crippen MR) is 105 cm³/mol. The number of benzene rings is 2. The maximum atomic E-state index is 12.2. The van der Waals surface area contributed by atoms with E-state index < -0.39 is 11.3 Å². The molecule has 0 fully saturated rings. The number of hydrogen-bond acceptors (Lipinski definition) is 4. The topological polar surface area (TPSA) is 94.4 Å². The van der Waals surface area contributed by atoms with Crippen LogP contribution in [0.2, 0.25) is 5.02 Å². The van der Waals surface area contributed by atoms with Crippen molar-refractivity contribution in [1.29, 1.82) is 0 Å². The molecule has 8 heteroatoms. The molecule has 2 heterocycles. The molecule has 1 unspecified atom stereocenters. The summed E-state index contributed by atoms with van der Waals surface area (Å²) in [7, 11) is 0. The largest absolute Gasteiger partial charge is 0.755 e. The van der Waals surface area contributed by atoms with Crippen LogP contribution in [0.1, 0.15) is 11.3 Å². The van der Waals surface area contributed by atoms with E-state index in [0.717, 1.165) is 11.1 Å². The smallest absolute Gasteiger partial charge is 0.256 e. The molecule has 2 N–H and O–H groups in total. The summed E-state index contributed by atoms with van der Waals surface area (Å²) in [5.74, 6) is 0.901. The van der Waals surface area contributed by atoms with Gasteiger partial charge in [-0.25, -0.2) is 0 Å². The van der Waals surface area contributed by atoms with Crippen molar-refractivity contribution in [2.45, 2.75) is 0 Å². The zero-order valence-electron chi connectivity index (χ0n) is 13.7. The average molecular weight is 400 g/mol. The van der Waals surface area contributed by atoms with E-state index in [1.807, 2.05) is 0 Å². The Bertz CT molecular complexity index is 1090. The summed E-state index contributed by atoms with van der Waals surface area (Å²) in [5, 5.41) is 3.34. The Labute approximate surface area is 162 Å². The van der Waals surface area contributed by atoms with Crippen LogP contribution in [0.5, 0.6) is 0 Å². The number of anilines is 2. The molecule has 1 amide bonds. The van der Waals surface area contributed by atoms with Crippen molar-refractivity contribution in [3.63, 3.8) is 0 Å². The minimum atomic E-state index is -2.37. The number of nitrogens with one attached hydrogen (secondary N) is 2. The van der Waals surface area contributed by atoms with Crippen LogP contribution < -0.4 is 10.0 Å². The molecule has 0 saturated heterocycles. The van der Waals surface area contributed by atoms with Crippen molar-refractivity contribution in [2.75, 3.05) is 10.0 Å². The predicted octanol–water partition coefficient (Wildman–Crippen LogP) is 4.30. The van der Waals surface area contributed by atoms with Gasteiger partial charge in [0.2, 0.25) is 0 Å². The van der Waals surface area contributed by atoms with Crippen LogP contribution in [0.3, 0.4) is 0 Å². The molecule has 4 rings (SSSR count). The number of furan rings is 1. The Balaban J connectivity index is 1.62. The second kappa shape index (κ2) is 7.03. The van der Waals surface area contributed by atoms with Gasteiger partial charge in [-0.05, 0) is 60.7 Å². The molecule has 1 aliphatic rings. The molecule has 1 aromatic heterocycles. The quantitative estimate of drug-likeness (QED) is 0.505. The van der Waals surface area contributed by atoms with Gasteiger partial charge in [0.15, 0.2) is 0 Å². The van der Waals surface area contributed by atoms with Crippen molar-refractivity contribution >= 4 is 51.8 Å². The van der Waals surface area contributed by atoms with Gasteiger partial charge in [-0.15, -0.1) is 0 Å². The molecular weight excluding hydrogens is 388 g/mol. The van der Waals surface area contributed by atoms with Crippen LogP contribution in [0.15, 0.2) is 59.0 Å². The summed E-state index contributed by atoms with van der Waals surface area (Å²) in [6.45, 7) is 0. The van der Waals surface area contributed by atoms with Crippen molar-refractivity contribution in [2.24, 2.45) is 0 Å². The second-order valence-corrected chi connectivity index (χ2v) is 6.93. The minimum absolute atomic E-state index is 0.216. The molecule has 1 atom stereocenters. The molecule has 0 saturated carbocycles. The molecule has 0 radical (unpaired) electrons. The molecule has 6 nitrogen and oxygen atoms in total. The Hall–Kier alpha value is -2.87.